The lowest BCUT2D eigenvalue weighted by Crippen LogP contribution is -2.40. The van der Waals surface area contributed by atoms with Crippen molar-refractivity contribution in [1.82, 2.24) is 5.32 Å². The van der Waals surface area contributed by atoms with Crippen LogP contribution < -0.4 is 10.1 Å². The van der Waals surface area contributed by atoms with E-state index in [-0.39, 0.29) is 30.0 Å². The molecule has 1 aromatic carbocycles. The molecule has 0 aromatic heterocycles. The van der Waals surface area contributed by atoms with Crippen LogP contribution in [-0.2, 0) is 11.4 Å². The first kappa shape index (κ1) is 15.9. The summed E-state index contributed by atoms with van der Waals surface area (Å²) in [7, 11) is 0. The van der Waals surface area contributed by atoms with E-state index >= 15 is 0 Å². The summed E-state index contributed by atoms with van der Waals surface area (Å²) in [5, 5.41) is 22.6. The summed E-state index contributed by atoms with van der Waals surface area (Å²) in [4.78, 5) is 22.1. The number of carbonyl (C=O) groups excluding carboxylic acids is 1. The topological polar surface area (TPSA) is 102 Å². The number of rotatable bonds is 6. The number of amides is 1. The molecule has 0 heterocycles. The fraction of sp³-hybridized carbons (Fsp3) is 0.462. The Morgan fingerprint density at radius 1 is 1.45 bits per heavy atom. The Kier molecular flexibility index (Phi) is 5.45. The van der Waals surface area contributed by atoms with Crippen LogP contribution in [0.1, 0.15) is 26.3 Å². The predicted octanol–water partition coefficient (Wildman–Crippen LogP) is 1.38. The van der Waals surface area contributed by atoms with Crippen molar-refractivity contribution < 1.29 is 19.6 Å². The van der Waals surface area contributed by atoms with Gasteiger partial charge in [0, 0.05) is 12.1 Å². The van der Waals surface area contributed by atoms with Crippen molar-refractivity contribution in [3.63, 3.8) is 0 Å². The van der Waals surface area contributed by atoms with E-state index in [1.807, 2.05) is 0 Å². The first-order chi connectivity index (χ1) is 9.35. The fourth-order valence-corrected chi connectivity index (χ4v) is 1.55. The van der Waals surface area contributed by atoms with E-state index in [0.29, 0.717) is 5.56 Å². The Balaban J connectivity index is 2.94. The zero-order valence-corrected chi connectivity index (χ0v) is 11.6. The van der Waals surface area contributed by atoms with Crippen molar-refractivity contribution in [1.29, 1.82) is 0 Å². The van der Waals surface area contributed by atoms with Crippen LogP contribution in [0.5, 0.6) is 5.75 Å². The molecule has 0 saturated carbocycles. The summed E-state index contributed by atoms with van der Waals surface area (Å²) >= 11 is 0. The van der Waals surface area contributed by atoms with Gasteiger partial charge in [-0.15, -0.1) is 0 Å². The maximum absolute atomic E-state index is 11.7. The highest BCUT2D eigenvalue weighted by Crippen LogP contribution is 2.29. The highest BCUT2D eigenvalue weighted by molar-refractivity contribution is 5.81. The average Bonchev–Trinajstić information content (AvgIpc) is 2.37. The molecule has 0 saturated heterocycles. The van der Waals surface area contributed by atoms with Gasteiger partial charge in [-0.2, -0.15) is 0 Å². The van der Waals surface area contributed by atoms with E-state index < -0.39 is 11.0 Å². The van der Waals surface area contributed by atoms with E-state index in [4.69, 9.17) is 9.84 Å². The third-order valence-corrected chi connectivity index (χ3v) is 2.51. The van der Waals surface area contributed by atoms with Crippen LogP contribution in [0.3, 0.4) is 0 Å². The van der Waals surface area contributed by atoms with Crippen LogP contribution in [0.4, 0.5) is 5.69 Å². The molecule has 2 N–H and O–H groups in total. The molecule has 7 heteroatoms. The third-order valence-electron chi connectivity index (χ3n) is 2.51. The maximum atomic E-state index is 11.7. The molecule has 0 fully saturated rings. The molecular weight excluding hydrogens is 264 g/mol. The average molecular weight is 282 g/mol. The number of aliphatic hydroxyl groups excluding tert-OH is 1. The molecule has 7 nitrogen and oxygen atoms in total. The zero-order chi connectivity index (χ0) is 15.3. The summed E-state index contributed by atoms with van der Waals surface area (Å²) < 4.78 is 5.35. The molecule has 1 atom stereocenters. The molecule has 0 aliphatic carbocycles. The number of hydrogen-bond donors (Lipinski definition) is 2. The number of nitro benzene ring substituents is 1. The monoisotopic (exact) mass is 282 g/mol. The zero-order valence-electron chi connectivity index (χ0n) is 11.6. The van der Waals surface area contributed by atoms with Gasteiger partial charge in [-0.3, -0.25) is 14.9 Å². The lowest BCUT2D eigenvalue weighted by Gasteiger charge is -2.16. The normalized spacial score (nSPS) is 12.1. The minimum atomic E-state index is -0.870. The number of ether oxygens (including phenoxy) is 1. The first-order valence-corrected chi connectivity index (χ1v) is 6.20. The maximum Gasteiger partial charge on any atom is 0.310 e. The Labute approximate surface area is 116 Å². The fourth-order valence-electron chi connectivity index (χ4n) is 1.55. The molecule has 0 aliphatic rings. The highest BCUT2D eigenvalue weighted by atomic mass is 16.6. The van der Waals surface area contributed by atoms with Gasteiger partial charge in [0.05, 0.1) is 11.5 Å². The number of nitro groups is 1. The Morgan fingerprint density at radius 3 is 2.60 bits per heavy atom. The Hall–Kier alpha value is -2.15. The smallest absolute Gasteiger partial charge is 0.310 e. The molecule has 1 rings (SSSR count). The molecule has 110 valence electrons. The van der Waals surface area contributed by atoms with E-state index in [0.717, 1.165) is 0 Å². The summed E-state index contributed by atoms with van der Waals surface area (Å²) in [6, 6.07) is 3.99. The molecule has 0 bridgehead atoms. The summed E-state index contributed by atoms with van der Waals surface area (Å²) in [6.45, 7) is 4.85. The van der Waals surface area contributed by atoms with Crippen molar-refractivity contribution in [2.75, 3.05) is 0 Å². The van der Waals surface area contributed by atoms with Gasteiger partial charge in [0.2, 0.25) is 0 Å². The lowest BCUT2D eigenvalue weighted by molar-refractivity contribution is -0.386. The van der Waals surface area contributed by atoms with Gasteiger partial charge in [-0.25, -0.2) is 0 Å². The van der Waals surface area contributed by atoms with E-state index in [9.17, 15) is 14.9 Å². The number of hydrogen-bond acceptors (Lipinski definition) is 5. The predicted molar refractivity (Wildman–Crippen MR) is 72.4 cm³/mol. The van der Waals surface area contributed by atoms with Gasteiger partial charge < -0.3 is 15.2 Å². The molecule has 1 amide bonds. The second-order valence-electron chi connectivity index (χ2n) is 4.64. The second kappa shape index (κ2) is 6.85. The number of nitrogens with zero attached hydrogens (tertiary/aromatic N) is 1. The molecule has 0 spiro atoms. The second-order valence-corrected chi connectivity index (χ2v) is 4.64. The van der Waals surface area contributed by atoms with Crippen LogP contribution in [0.15, 0.2) is 18.2 Å². The van der Waals surface area contributed by atoms with Crippen LogP contribution >= 0.6 is 0 Å². The van der Waals surface area contributed by atoms with Gasteiger partial charge >= 0.3 is 5.69 Å². The Morgan fingerprint density at radius 2 is 2.10 bits per heavy atom. The molecule has 1 unspecified atom stereocenters. The number of nitrogens with one attached hydrogen (secondary N) is 1. The van der Waals surface area contributed by atoms with Gasteiger partial charge in [0.25, 0.3) is 5.91 Å². The van der Waals surface area contributed by atoms with Crippen LogP contribution in [-0.4, -0.2) is 28.1 Å². The van der Waals surface area contributed by atoms with Gasteiger partial charge in [0.15, 0.2) is 11.9 Å². The summed E-state index contributed by atoms with van der Waals surface area (Å²) in [6.07, 6.45) is -0.870. The van der Waals surface area contributed by atoms with Crippen molar-refractivity contribution in [2.24, 2.45) is 0 Å². The number of benzene rings is 1. The van der Waals surface area contributed by atoms with Gasteiger partial charge in [-0.05, 0) is 38.5 Å². The minimum Gasteiger partial charge on any atom is -0.474 e. The molecule has 1 aromatic rings. The third kappa shape index (κ3) is 4.20. The minimum absolute atomic E-state index is 0.0343. The van der Waals surface area contributed by atoms with Crippen LogP contribution in [0.2, 0.25) is 0 Å². The standard InChI is InChI=1S/C13H18N2O5/c1-8(2)14-13(17)9(3)20-12-6-10(7-16)4-5-11(12)15(18)19/h4-6,8-9,16H,7H2,1-3H3,(H,14,17). The highest BCUT2D eigenvalue weighted by Gasteiger charge is 2.21. The van der Waals surface area contributed by atoms with E-state index in [2.05, 4.69) is 5.32 Å². The van der Waals surface area contributed by atoms with Crippen molar-refractivity contribution in [2.45, 2.75) is 39.5 Å². The number of aliphatic hydroxyl groups is 1. The molecule has 20 heavy (non-hydrogen) atoms. The lowest BCUT2D eigenvalue weighted by atomic mass is 10.2. The van der Waals surface area contributed by atoms with Gasteiger partial charge in [0.1, 0.15) is 0 Å². The van der Waals surface area contributed by atoms with Crippen molar-refractivity contribution in [3.8, 4) is 5.75 Å². The Bertz CT molecular complexity index is 502. The summed E-state index contributed by atoms with van der Waals surface area (Å²) in [5.41, 5.74) is 0.230. The molecule has 0 radical (unpaired) electrons. The van der Waals surface area contributed by atoms with Crippen LogP contribution in [0, 0.1) is 10.1 Å². The van der Waals surface area contributed by atoms with Crippen LogP contribution in [0.25, 0.3) is 0 Å². The largest absolute Gasteiger partial charge is 0.474 e. The quantitative estimate of drug-likeness (QED) is 0.606. The number of carbonyl (C=O) groups is 1. The van der Waals surface area contributed by atoms with Crippen molar-refractivity contribution >= 4 is 11.6 Å². The van der Waals surface area contributed by atoms with Gasteiger partial charge in [-0.1, -0.05) is 0 Å². The summed E-state index contributed by atoms with van der Waals surface area (Å²) in [5.74, 6) is -0.392. The molecule has 0 aliphatic heterocycles. The van der Waals surface area contributed by atoms with Crippen molar-refractivity contribution in [3.05, 3.63) is 33.9 Å². The SMILES string of the molecule is CC(C)NC(=O)C(C)Oc1cc(CO)ccc1[N+](=O)[O-]. The van der Waals surface area contributed by atoms with E-state index in [1.54, 1.807) is 13.8 Å². The molecular formula is C13H18N2O5. The van der Waals surface area contributed by atoms with E-state index in [1.165, 1.54) is 25.1 Å². The first-order valence-electron chi connectivity index (χ1n) is 6.20.